The van der Waals surface area contributed by atoms with Crippen molar-refractivity contribution in [2.24, 2.45) is 10.7 Å². The first-order chi connectivity index (χ1) is 18.2. The third kappa shape index (κ3) is 5.51. The number of hydrogen-bond acceptors (Lipinski definition) is 8. The number of benzene rings is 2. The van der Waals surface area contributed by atoms with Crippen molar-refractivity contribution in [2.45, 2.75) is 26.8 Å². The summed E-state index contributed by atoms with van der Waals surface area (Å²) in [4.78, 5) is 42.9. The molecule has 3 aromatic rings. The zero-order valence-corrected chi connectivity index (χ0v) is 22.6. The van der Waals surface area contributed by atoms with E-state index in [1.807, 2.05) is 6.92 Å². The minimum Gasteiger partial charge on any atom is -0.490 e. The number of ether oxygens (including phenoxy) is 3. The molecule has 2 aromatic carbocycles. The van der Waals surface area contributed by atoms with Crippen LogP contribution in [-0.4, -0.2) is 36.3 Å². The first-order valence-electron chi connectivity index (χ1n) is 11.9. The molecule has 1 aromatic heterocycles. The number of nitrogens with zero attached hydrogens (tertiary/aromatic N) is 2. The lowest BCUT2D eigenvalue weighted by Gasteiger charge is -2.25. The Bertz CT molecular complexity index is 1610. The summed E-state index contributed by atoms with van der Waals surface area (Å²) in [7, 11) is 0. The minimum absolute atomic E-state index is 0.177. The number of nitrogens with two attached hydrogens (primary N) is 1. The van der Waals surface area contributed by atoms with Gasteiger partial charge in [0.2, 0.25) is 0 Å². The highest BCUT2D eigenvalue weighted by molar-refractivity contribution is 7.07. The van der Waals surface area contributed by atoms with Crippen LogP contribution in [0, 0.1) is 0 Å². The van der Waals surface area contributed by atoms with E-state index in [1.54, 1.807) is 62.4 Å². The van der Waals surface area contributed by atoms with Crippen LogP contribution < -0.4 is 30.1 Å². The molecule has 0 aliphatic carbocycles. The number of fused-ring (bicyclic) bond motifs is 1. The second-order valence-corrected chi connectivity index (χ2v) is 9.63. The molecule has 0 bridgehead atoms. The fourth-order valence-corrected chi connectivity index (χ4v) is 5.37. The van der Waals surface area contributed by atoms with Crippen LogP contribution in [-0.2, 0) is 14.3 Å². The fraction of sp³-hybridized carbons (Fsp3) is 0.259. The van der Waals surface area contributed by atoms with E-state index in [1.165, 1.54) is 15.9 Å². The van der Waals surface area contributed by atoms with Gasteiger partial charge in [-0.3, -0.25) is 14.2 Å². The van der Waals surface area contributed by atoms with Crippen LogP contribution in [0.1, 0.15) is 37.9 Å². The van der Waals surface area contributed by atoms with Gasteiger partial charge in [-0.2, -0.15) is 0 Å². The molecule has 0 radical (unpaired) electrons. The smallest absolute Gasteiger partial charge is 0.338 e. The van der Waals surface area contributed by atoms with E-state index in [4.69, 9.17) is 31.5 Å². The topological polar surface area (TPSA) is 122 Å². The van der Waals surface area contributed by atoms with Crippen LogP contribution in [0.5, 0.6) is 11.5 Å². The SMILES string of the molecule is CCOC(=O)C1=C(C)N=c2s/c(=C/c3ccc(OCC(N)=O)c(OCC)c3)c(=O)n2[C@H]1c1ccccc1Cl. The number of amides is 1. The Hall–Kier alpha value is -3.89. The number of hydrogen-bond donors (Lipinski definition) is 1. The largest absolute Gasteiger partial charge is 0.490 e. The lowest BCUT2D eigenvalue weighted by molar-refractivity contribution is -0.139. The summed E-state index contributed by atoms with van der Waals surface area (Å²) in [5, 5.41) is 0.413. The van der Waals surface area contributed by atoms with E-state index in [2.05, 4.69) is 4.99 Å². The van der Waals surface area contributed by atoms with Gasteiger partial charge in [0.15, 0.2) is 22.9 Å². The zero-order chi connectivity index (χ0) is 27.4. The molecular formula is C27H26ClN3O6S. The van der Waals surface area contributed by atoms with Gasteiger partial charge in [0, 0.05) is 5.02 Å². The molecule has 2 N–H and O–H groups in total. The Morgan fingerprint density at radius 1 is 1.13 bits per heavy atom. The van der Waals surface area contributed by atoms with Gasteiger partial charge in [-0.25, -0.2) is 9.79 Å². The number of esters is 1. The van der Waals surface area contributed by atoms with Gasteiger partial charge in [-0.1, -0.05) is 47.2 Å². The van der Waals surface area contributed by atoms with Gasteiger partial charge in [0.25, 0.3) is 11.5 Å². The molecule has 0 saturated carbocycles. The van der Waals surface area contributed by atoms with E-state index >= 15 is 0 Å². The lowest BCUT2D eigenvalue weighted by atomic mass is 9.96. The Morgan fingerprint density at radius 2 is 1.89 bits per heavy atom. The highest BCUT2D eigenvalue weighted by Crippen LogP contribution is 2.34. The summed E-state index contributed by atoms with van der Waals surface area (Å²) in [6, 6.07) is 11.4. The second kappa shape index (κ2) is 11.7. The third-order valence-electron chi connectivity index (χ3n) is 5.65. The Balaban J connectivity index is 1.87. The van der Waals surface area contributed by atoms with Crippen molar-refractivity contribution in [3.63, 3.8) is 0 Å². The van der Waals surface area contributed by atoms with Crippen molar-refractivity contribution in [1.29, 1.82) is 0 Å². The van der Waals surface area contributed by atoms with Crippen molar-refractivity contribution in [3.05, 3.63) is 89.6 Å². The van der Waals surface area contributed by atoms with Crippen LogP contribution in [0.2, 0.25) is 5.02 Å². The molecule has 1 atom stereocenters. The molecular weight excluding hydrogens is 530 g/mol. The molecule has 2 heterocycles. The number of aromatic nitrogens is 1. The zero-order valence-electron chi connectivity index (χ0n) is 21.0. The summed E-state index contributed by atoms with van der Waals surface area (Å²) in [6.45, 7) is 5.51. The second-order valence-electron chi connectivity index (χ2n) is 8.22. The van der Waals surface area contributed by atoms with E-state index in [0.717, 1.165) is 0 Å². The molecule has 0 fully saturated rings. The Kier molecular flexibility index (Phi) is 8.33. The maximum atomic E-state index is 13.8. The molecule has 38 heavy (non-hydrogen) atoms. The van der Waals surface area contributed by atoms with Gasteiger partial charge in [-0.05, 0) is 56.2 Å². The van der Waals surface area contributed by atoms with Crippen LogP contribution >= 0.6 is 22.9 Å². The van der Waals surface area contributed by atoms with Crippen molar-refractivity contribution in [1.82, 2.24) is 4.57 Å². The molecule has 1 aliphatic heterocycles. The Labute approximate surface area is 227 Å². The lowest BCUT2D eigenvalue weighted by Crippen LogP contribution is -2.40. The molecule has 11 heteroatoms. The first kappa shape index (κ1) is 27.2. The standard InChI is InChI=1S/C27H26ClN3O6S/c1-4-35-20-12-16(10-11-19(20)37-14-22(29)32)13-21-25(33)31-24(17-8-6-7-9-18(17)28)23(26(34)36-5-2)15(3)30-27(31)38-21/h6-13,24H,4-5,14H2,1-3H3,(H2,29,32)/b21-13+/t24-/m0/s1. The summed E-state index contributed by atoms with van der Waals surface area (Å²) in [5.74, 6) is -0.397. The molecule has 4 rings (SSSR count). The summed E-state index contributed by atoms with van der Waals surface area (Å²) >= 11 is 7.73. The number of rotatable bonds is 9. The van der Waals surface area contributed by atoms with Crippen molar-refractivity contribution in [2.75, 3.05) is 19.8 Å². The maximum absolute atomic E-state index is 13.8. The van der Waals surface area contributed by atoms with Crippen molar-refractivity contribution in [3.8, 4) is 11.5 Å². The molecule has 9 nitrogen and oxygen atoms in total. The van der Waals surface area contributed by atoms with Crippen LogP contribution in [0.15, 0.2) is 63.5 Å². The number of thiazole rings is 1. The number of allylic oxidation sites excluding steroid dienone is 1. The molecule has 1 amide bonds. The predicted octanol–water partition coefficient (Wildman–Crippen LogP) is 2.71. The Morgan fingerprint density at radius 3 is 2.58 bits per heavy atom. The molecule has 1 aliphatic rings. The highest BCUT2D eigenvalue weighted by Gasteiger charge is 2.34. The fourth-order valence-electron chi connectivity index (χ4n) is 4.08. The summed E-state index contributed by atoms with van der Waals surface area (Å²) < 4.78 is 18.3. The quantitative estimate of drug-likeness (QED) is 0.405. The van der Waals surface area contributed by atoms with E-state index < -0.39 is 17.9 Å². The van der Waals surface area contributed by atoms with Crippen LogP contribution in [0.3, 0.4) is 0 Å². The van der Waals surface area contributed by atoms with E-state index in [-0.39, 0.29) is 24.3 Å². The summed E-state index contributed by atoms with van der Waals surface area (Å²) in [6.07, 6.45) is 1.71. The van der Waals surface area contributed by atoms with Crippen LogP contribution in [0.25, 0.3) is 6.08 Å². The molecule has 0 unspecified atom stereocenters. The van der Waals surface area contributed by atoms with Gasteiger partial charge in [-0.15, -0.1) is 0 Å². The number of carbonyl (C=O) groups excluding carboxylic acids is 2. The van der Waals surface area contributed by atoms with Gasteiger partial charge < -0.3 is 19.9 Å². The minimum atomic E-state index is -0.801. The average Bonchev–Trinajstić information content (AvgIpc) is 3.17. The highest BCUT2D eigenvalue weighted by atomic mass is 35.5. The number of carbonyl (C=O) groups is 2. The average molecular weight is 556 g/mol. The van der Waals surface area contributed by atoms with Crippen molar-refractivity contribution >= 4 is 40.9 Å². The predicted molar refractivity (Wildman–Crippen MR) is 144 cm³/mol. The third-order valence-corrected chi connectivity index (χ3v) is 6.98. The molecule has 0 saturated heterocycles. The van der Waals surface area contributed by atoms with E-state index in [0.29, 0.717) is 49.3 Å². The van der Waals surface area contributed by atoms with Gasteiger partial charge >= 0.3 is 5.97 Å². The van der Waals surface area contributed by atoms with Gasteiger partial charge in [0.05, 0.1) is 29.0 Å². The van der Waals surface area contributed by atoms with Gasteiger partial charge in [0.1, 0.15) is 6.04 Å². The molecule has 198 valence electrons. The first-order valence-corrected chi connectivity index (χ1v) is 13.1. The molecule has 0 spiro atoms. The summed E-state index contributed by atoms with van der Waals surface area (Å²) in [5.41, 5.74) is 6.82. The van der Waals surface area contributed by atoms with E-state index in [9.17, 15) is 14.4 Å². The monoisotopic (exact) mass is 555 g/mol. The normalized spacial score (nSPS) is 15.1. The van der Waals surface area contributed by atoms with Crippen molar-refractivity contribution < 1.29 is 23.8 Å². The van der Waals surface area contributed by atoms with Crippen LogP contribution in [0.4, 0.5) is 0 Å². The number of halogens is 1. The number of primary amides is 1. The maximum Gasteiger partial charge on any atom is 0.338 e.